The van der Waals surface area contributed by atoms with Crippen molar-refractivity contribution >= 4 is 29.0 Å². The largest absolute Gasteiger partial charge is 0.367 e. The zero-order chi connectivity index (χ0) is 18.7. The Labute approximate surface area is 165 Å². The summed E-state index contributed by atoms with van der Waals surface area (Å²) in [7, 11) is 0. The number of aryl methyl sites for hydroxylation is 1. The molecule has 0 unspecified atom stereocenters. The molecule has 5 heteroatoms. The smallest absolute Gasteiger partial charge is 0.110 e. The van der Waals surface area contributed by atoms with Crippen LogP contribution in [0.1, 0.15) is 42.1 Å². The summed E-state index contributed by atoms with van der Waals surface area (Å²) in [4.78, 5) is 4.11. The van der Waals surface area contributed by atoms with Gasteiger partial charge in [-0.25, -0.2) is 0 Å². The van der Waals surface area contributed by atoms with Gasteiger partial charge in [-0.2, -0.15) is 0 Å². The molecule has 136 valence electrons. The Balaban J connectivity index is 1.90. The SMILES string of the molecule is Cc1cc(C(C)C)c(NCc2cc(Cl)cc(Cl)c2)n1Cc1ccncc1. The molecule has 1 N–H and O–H groups in total. The van der Waals surface area contributed by atoms with Crippen LogP contribution in [0.15, 0.2) is 48.8 Å². The molecule has 3 rings (SSSR count). The number of nitrogens with one attached hydrogen (secondary N) is 1. The van der Waals surface area contributed by atoms with E-state index in [4.69, 9.17) is 23.2 Å². The number of nitrogens with zero attached hydrogens (tertiary/aromatic N) is 2. The Morgan fingerprint density at radius 3 is 2.27 bits per heavy atom. The third-order valence-corrected chi connectivity index (χ3v) is 4.86. The second-order valence-corrected chi connectivity index (χ2v) is 7.69. The summed E-state index contributed by atoms with van der Waals surface area (Å²) in [6.45, 7) is 8.05. The highest BCUT2D eigenvalue weighted by atomic mass is 35.5. The molecule has 2 heterocycles. The van der Waals surface area contributed by atoms with E-state index in [0.717, 1.165) is 17.9 Å². The minimum absolute atomic E-state index is 0.429. The molecule has 1 aromatic carbocycles. The number of benzene rings is 1. The van der Waals surface area contributed by atoms with E-state index in [-0.39, 0.29) is 0 Å². The van der Waals surface area contributed by atoms with Gasteiger partial charge in [0, 0.05) is 41.2 Å². The van der Waals surface area contributed by atoms with Crippen molar-refractivity contribution in [1.29, 1.82) is 0 Å². The van der Waals surface area contributed by atoms with Crippen LogP contribution in [0.3, 0.4) is 0 Å². The zero-order valence-electron chi connectivity index (χ0n) is 15.3. The monoisotopic (exact) mass is 387 g/mol. The molecular weight excluding hydrogens is 365 g/mol. The molecule has 3 aromatic rings. The maximum absolute atomic E-state index is 6.13. The maximum atomic E-state index is 6.13. The summed E-state index contributed by atoms with van der Waals surface area (Å²) >= 11 is 12.3. The van der Waals surface area contributed by atoms with Gasteiger partial charge >= 0.3 is 0 Å². The van der Waals surface area contributed by atoms with Gasteiger partial charge in [0.15, 0.2) is 0 Å². The lowest BCUT2D eigenvalue weighted by Crippen LogP contribution is -2.10. The molecular formula is C21H23Cl2N3. The summed E-state index contributed by atoms with van der Waals surface area (Å²) in [5.41, 5.74) is 4.83. The number of anilines is 1. The molecule has 0 saturated heterocycles. The van der Waals surface area contributed by atoms with E-state index in [1.165, 1.54) is 16.8 Å². The first kappa shape index (κ1) is 18.8. The number of hydrogen-bond donors (Lipinski definition) is 1. The Morgan fingerprint density at radius 2 is 1.65 bits per heavy atom. The highest BCUT2D eigenvalue weighted by Crippen LogP contribution is 2.30. The number of halogens is 2. The standard InChI is InChI=1S/C21H23Cl2N3/c1-14(2)20-8-15(3)26(13-16-4-6-24-7-5-16)21(20)25-12-17-9-18(22)11-19(23)10-17/h4-11,14,25H,12-13H2,1-3H3. The van der Waals surface area contributed by atoms with Gasteiger partial charge in [0.05, 0.1) is 0 Å². The van der Waals surface area contributed by atoms with Crippen molar-refractivity contribution < 1.29 is 0 Å². The minimum atomic E-state index is 0.429. The van der Waals surface area contributed by atoms with E-state index in [1.807, 2.05) is 24.5 Å². The molecule has 0 amide bonds. The summed E-state index contributed by atoms with van der Waals surface area (Å²) < 4.78 is 2.32. The quantitative estimate of drug-likeness (QED) is 0.538. The lowest BCUT2D eigenvalue weighted by atomic mass is 10.1. The van der Waals surface area contributed by atoms with Crippen molar-refractivity contribution in [2.24, 2.45) is 0 Å². The maximum Gasteiger partial charge on any atom is 0.110 e. The Kier molecular flexibility index (Phi) is 5.90. The van der Waals surface area contributed by atoms with E-state index in [1.54, 1.807) is 6.07 Å². The van der Waals surface area contributed by atoms with Gasteiger partial charge in [-0.15, -0.1) is 0 Å². The fourth-order valence-corrected chi connectivity index (χ4v) is 3.69. The lowest BCUT2D eigenvalue weighted by Gasteiger charge is -2.17. The number of aromatic nitrogens is 2. The van der Waals surface area contributed by atoms with Gasteiger partial charge in [-0.05, 0) is 65.9 Å². The van der Waals surface area contributed by atoms with Crippen LogP contribution in [0, 0.1) is 6.92 Å². The molecule has 0 radical (unpaired) electrons. The highest BCUT2D eigenvalue weighted by molar-refractivity contribution is 6.34. The van der Waals surface area contributed by atoms with Crippen LogP contribution < -0.4 is 5.32 Å². The molecule has 0 spiro atoms. The van der Waals surface area contributed by atoms with Gasteiger partial charge in [-0.1, -0.05) is 37.0 Å². The van der Waals surface area contributed by atoms with Crippen LogP contribution in [0.2, 0.25) is 10.0 Å². The van der Waals surface area contributed by atoms with Crippen LogP contribution in [0.25, 0.3) is 0 Å². The predicted octanol–water partition coefficient (Wildman–Crippen LogP) is 6.28. The minimum Gasteiger partial charge on any atom is -0.367 e. The molecule has 0 fully saturated rings. The molecule has 3 nitrogen and oxygen atoms in total. The fourth-order valence-electron chi connectivity index (χ4n) is 3.11. The van der Waals surface area contributed by atoms with E-state index in [2.05, 4.69) is 53.8 Å². The first-order valence-electron chi connectivity index (χ1n) is 8.72. The second-order valence-electron chi connectivity index (χ2n) is 6.82. The molecule has 0 aliphatic heterocycles. The van der Waals surface area contributed by atoms with Crippen LogP contribution >= 0.6 is 23.2 Å². The molecule has 0 aliphatic carbocycles. The summed E-state index contributed by atoms with van der Waals surface area (Å²) in [6, 6.07) is 12.0. The molecule has 0 bridgehead atoms. The molecule has 0 saturated carbocycles. The molecule has 0 atom stereocenters. The Bertz CT molecular complexity index is 866. The predicted molar refractivity (Wildman–Crippen MR) is 110 cm³/mol. The number of rotatable bonds is 6. The van der Waals surface area contributed by atoms with Crippen LogP contribution in [-0.2, 0) is 13.1 Å². The summed E-state index contributed by atoms with van der Waals surface area (Å²) in [5, 5.41) is 4.91. The Morgan fingerprint density at radius 1 is 1.00 bits per heavy atom. The average molecular weight is 388 g/mol. The van der Waals surface area contributed by atoms with E-state index < -0.39 is 0 Å². The number of pyridine rings is 1. The lowest BCUT2D eigenvalue weighted by molar-refractivity contribution is 0.767. The summed E-state index contributed by atoms with van der Waals surface area (Å²) in [6.07, 6.45) is 3.66. The molecule has 2 aromatic heterocycles. The van der Waals surface area contributed by atoms with Gasteiger partial charge in [0.25, 0.3) is 0 Å². The van der Waals surface area contributed by atoms with Crippen molar-refractivity contribution in [2.45, 2.75) is 39.8 Å². The van der Waals surface area contributed by atoms with Crippen LogP contribution in [0.4, 0.5) is 5.82 Å². The van der Waals surface area contributed by atoms with Gasteiger partial charge in [-0.3, -0.25) is 4.98 Å². The normalized spacial score (nSPS) is 11.2. The number of hydrogen-bond acceptors (Lipinski definition) is 2. The first-order valence-corrected chi connectivity index (χ1v) is 9.47. The molecule has 0 aliphatic rings. The zero-order valence-corrected chi connectivity index (χ0v) is 16.8. The first-order chi connectivity index (χ1) is 12.4. The van der Waals surface area contributed by atoms with Crippen molar-refractivity contribution in [2.75, 3.05) is 5.32 Å². The van der Waals surface area contributed by atoms with Crippen molar-refractivity contribution in [3.8, 4) is 0 Å². The average Bonchev–Trinajstić information content (AvgIpc) is 2.89. The Hall–Kier alpha value is -1.97. The van der Waals surface area contributed by atoms with Crippen LogP contribution in [-0.4, -0.2) is 9.55 Å². The highest BCUT2D eigenvalue weighted by Gasteiger charge is 2.15. The molecule has 26 heavy (non-hydrogen) atoms. The van der Waals surface area contributed by atoms with Crippen molar-refractivity contribution in [3.05, 3.63) is 81.2 Å². The van der Waals surface area contributed by atoms with Gasteiger partial charge < -0.3 is 9.88 Å². The third kappa shape index (κ3) is 4.40. The van der Waals surface area contributed by atoms with E-state index in [0.29, 0.717) is 22.5 Å². The fraction of sp³-hybridized carbons (Fsp3) is 0.286. The topological polar surface area (TPSA) is 29.9 Å². The van der Waals surface area contributed by atoms with Crippen LogP contribution in [0.5, 0.6) is 0 Å². The van der Waals surface area contributed by atoms with E-state index >= 15 is 0 Å². The van der Waals surface area contributed by atoms with E-state index in [9.17, 15) is 0 Å². The van der Waals surface area contributed by atoms with Gasteiger partial charge in [0.2, 0.25) is 0 Å². The van der Waals surface area contributed by atoms with Crippen molar-refractivity contribution in [3.63, 3.8) is 0 Å². The second kappa shape index (κ2) is 8.15. The van der Waals surface area contributed by atoms with Crippen molar-refractivity contribution in [1.82, 2.24) is 9.55 Å². The third-order valence-electron chi connectivity index (χ3n) is 4.43. The van der Waals surface area contributed by atoms with Gasteiger partial charge in [0.1, 0.15) is 5.82 Å². The summed E-state index contributed by atoms with van der Waals surface area (Å²) in [5.74, 6) is 1.57.